The second kappa shape index (κ2) is 17.9. The number of carboxylic acid groups (broad SMARTS) is 2. The molecule has 11 heteroatoms. The Morgan fingerprint density at radius 1 is 0.951 bits per heavy atom. The summed E-state index contributed by atoms with van der Waals surface area (Å²) in [6.45, 7) is 2.11. The van der Waals surface area contributed by atoms with E-state index in [2.05, 4.69) is 20.9 Å². The summed E-state index contributed by atoms with van der Waals surface area (Å²) in [6, 6.07) is 17.2. The average Bonchev–Trinajstić information content (AvgIpc) is 3.45. The highest BCUT2D eigenvalue weighted by Gasteiger charge is 2.17. The van der Waals surface area contributed by atoms with Crippen LogP contribution < -0.4 is 10.6 Å². The van der Waals surface area contributed by atoms with E-state index in [1.807, 2.05) is 60.8 Å². The zero-order valence-corrected chi connectivity index (χ0v) is 23.3. The Bertz CT molecular complexity index is 1180. The molecule has 222 valence electrons. The number of hydrogen-bond acceptors (Lipinski definition) is 7. The number of rotatable bonds is 21. The molecular weight excluding hydrogens is 529 g/mol. The fourth-order valence-corrected chi connectivity index (χ4v) is 4.35. The lowest BCUT2D eigenvalue weighted by Gasteiger charge is -2.19. The fraction of sp³-hybridized carbons (Fsp3) is 0.467. The Morgan fingerprint density at radius 2 is 1.71 bits per heavy atom. The first kappa shape index (κ1) is 31.9. The monoisotopic (exact) mass is 569 g/mol. The van der Waals surface area contributed by atoms with Crippen molar-refractivity contribution in [3.63, 3.8) is 0 Å². The quantitative estimate of drug-likeness (QED) is 0.140. The summed E-state index contributed by atoms with van der Waals surface area (Å²) in [5.41, 5.74) is 3.80. The molecule has 2 unspecified atom stereocenters. The van der Waals surface area contributed by atoms with Crippen molar-refractivity contribution in [2.45, 2.75) is 63.7 Å². The Labute approximate surface area is 239 Å². The number of alkyl halides is 1. The van der Waals surface area contributed by atoms with Gasteiger partial charge in [-0.1, -0.05) is 47.7 Å². The number of ether oxygens (including phenoxy) is 1. The highest BCUT2D eigenvalue weighted by atomic mass is 19.1. The zero-order chi connectivity index (χ0) is 29.3. The van der Waals surface area contributed by atoms with E-state index in [4.69, 9.17) is 9.84 Å². The standard InChI is InChI=1S/C30H40FN5O5/c31-17-4-9-25-21-36(35-34-25)26-13-11-24(12-14-26)28(41-22-23-7-2-1-3-8-23)10-5-18-32-19-6-20-33-27(30(39)40)15-16-29(37)38/h1-3,7-8,11-14,21,27-28,32-33H,4-6,9-10,15-20,22H2,(H,37,38)(H,39,40). The third-order valence-electron chi connectivity index (χ3n) is 6.62. The van der Waals surface area contributed by atoms with Crippen LogP contribution in [0, 0.1) is 0 Å². The molecule has 1 aromatic heterocycles. The van der Waals surface area contributed by atoms with Gasteiger partial charge in [-0.2, -0.15) is 0 Å². The molecule has 1 heterocycles. The summed E-state index contributed by atoms with van der Waals surface area (Å²) in [6.07, 6.45) is 5.01. The Kier molecular flexibility index (Phi) is 13.9. The minimum atomic E-state index is -1.03. The Hall–Kier alpha value is -3.67. The number of nitrogens with one attached hydrogen (secondary N) is 2. The number of nitrogens with zero attached hydrogens (tertiary/aromatic N) is 3. The third kappa shape index (κ3) is 11.8. The van der Waals surface area contributed by atoms with Crippen LogP contribution in [0.15, 0.2) is 60.8 Å². The van der Waals surface area contributed by atoms with Crippen LogP contribution in [0.1, 0.15) is 61.4 Å². The molecule has 0 saturated carbocycles. The number of aromatic nitrogens is 3. The second-order valence-electron chi connectivity index (χ2n) is 9.85. The number of carboxylic acids is 2. The fourth-order valence-electron chi connectivity index (χ4n) is 4.35. The maximum absolute atomic E-state index is 12.5. The van der Waals surface area contributed by atoms with Gasteiger partial charge < -0.3 is 25.6 Å². The van der Waals surface area contributed by atoms with E-state index < -0.39 is 18.0 Å². The maximum Gasteiger partial charge on any atom is 0.320 e. The van der Waals surface area contributed by atoms with Crippen LogP contribution in [0.3, 0.4) is 0 Å². The summed E-state index contributed by atoms with van der Waals surface area (Å²) >= 11 is 0. The van der Waals surface area contributed by atoms with E-state index in [0.717, 1.165) is 48.3 Å². The number of carbonyl (C=O) groups is 2. The normalized spacial score (nSPS) is 12.7. The van der Waals surface area contributed by atoms with Crippen molar-refractivity contribution in [3.8, 4) is 5.69 Å². The van der Waals surface area contributed by atoms with Crippen LogP contribution in [-0.4, -0.2) is 69.5 Å². The van der Waals surface area contributed by atoms with Gasteiger partial charge in [0.25, 0.3) is 0 Å². The largest absolute Gasteiger partial charge is 0.481 e. The van der Waals surface area contributed by atoms with E-state index in [1.165, 1.54) is 0 Å². The highest BCUT2D eigenvalue weighted by Crippen LogP contribution is 2.25. The molecule has 0 amide bonds. The van der Waals surface area contributed by atoms with Gasteiger partial charge in [-0.25, -0.2) is 4.68 Å². The van der Waals surface area contributed by atoms with Gasteiger partial charge in [-0.3, -0.25) is 14.0 Å². The summed E-state index contributed by atoms with van der Waals surface area (Å²) in [7, 11) is 0. The van der Waals surface area contributed by atoms with Gasteiger partial charge in [0.05, 0.1) is 37.0 Å². The molecule has 2 aromatic carbocycles. The van der Waals surface area contributed by atoms with E-state index in [1.54, 1.807) is 4.68 Å². The summed E-state index contributed by atoms with van der Waals surface area (Å²) in [5.74, 6) is -2.04. The predicted molar refractivity (Wildman–Crippen MR) is 153 cm³/mol. The van der Waals surface area contributed by atoms with E-state index in [0.29, 0.717) is 32.5 Å². The number of halogens is 1. The van der Waals surface area contributed by atoms with Crippen LogP contribution in [0.2, 0.25) is 0 Å². The van der Waals surface area contributed by atoms with Crippen molar-refractivity contribution in [2.75, 3.05) is 26.3 Å². The molecular formula is C30H40FN5O5. The van der Waals surface area contributed by atoms with Crippen LogP contribution >= 0.6 is 0 Å². The van der Waals surface area contributed by atoms with Crippen LogP contribution in [-0.2, 0) is 27.4 Å². The molecule has 10 nitrogen and oxygen atoms in total. The third-order valence-corrected chi connectivity index (χ3v) is 6.62. The van der Waals surface area contributed by atoms with Crippen molar-refractivity contribution in [3.05, 3.63) is 77.6 Å². The molecule has 0 bridgehead atoms. The first-order chi connectivity index (χ1) is 20.0. The molecule has 4 N–H and O–H groups in total. The number of benzene rings is 2. The number of aryl methyl sites for hydroxylation is 1. The molecule has 41 heavy (non-hydrogen) atoms. The van der Waals surface area contributed by atoms with Gasteiger partial charge in [0.1, 0.15) is 6.04 Å². The average molecular weight is 570 g/mol. The molecule has 0 aliphatic rings. The summed E-state index contributed by atoms with van der Waals surface area (Å²) in [5, 5.41) is 32.6. The lowest BCUT2D eigenvalue weighted by atomic mass is 10.0. The maximum atomic E-state index is 12.5. The molecule has 0 aliphatic heterocycles. The van der Waals surface area contributed by atoms with Gasteiger partial charge in [0.15, 0.2) is 0 Å². The van der Waals surface area contributed by atoms with Crippen LogP contribution in [0.5, 0.6) is 0 Å². The second-order valence-corrected chi connectivity index (χ2v) is 9.85. The molecule has 0 radical (unpaired) electrons. The summed E-state index contributed by atoms with van der Waals surface area (Å²) < 4.78 is 20.5. The molecule has 0 saturated heterocycles. The van der Waals surface area contributed by atoms with Crippen LogP contribution in [0.4, 0.5) is 4.39 Å². The molecule has 3 rings (SSSR count). The number of aliphatic carboxylic acids is 2. The van der Waals surface area contributed by atoms with Crippen molar-refractivity contribution < 1.29 is 28.9 Å². The summed E-state index contributed by atoms with van der Waals surface area (Å²) in [4.78, 5) is 22.0. The lowest BCUT2D eigenvalue weighted by Crippen LogP contribution is -2.38. The van der Waals surface area contributed by atoms with Gasteiger partial charge in [0, 0.05) is 6.42 Å². The zero-order valence-electron chi connectivity index (χ0n) is 23.3. The highest BCUT2D eigenvalue weighted by molar-refractivity contribution is 5.75. The Morgan fingerprint density at radius 3 is 2.41 bits per heavy atom. The minimum absolute atomic E-state index is 0.0593. The number of hydrogen-bond donors (Lipinski definition) is 4. The molecule has 0 fully saturated rings. The van der Waals surface area contributed by atoms with Crippen LogP contribution in [0.25, 0.3) is 5.69 Å². The molecule has 0 aliphatic carbocycles. The smallest absolute Gasteiger partial charge is 0.320 e. The van der Waals surface area contributed by atoms with Crippen molar-refractivity contribution in [1.82, 2.24) is 25.6 Å². The Balaban J connectivity index is 1.47. The van der Waals surface area contributed by atoms with Gasteiger partial charge in [-0.15, -0.1) is 5.10 Å². The van der Waals surface area contributed by atoms with Gasteiger partial charge in [0.2, 0.25) is 0 Å². The lowest BCUT2D eigenvalue weighted by molar-refractivity contribution is -0.140. The van der Waals surface area contributed by atoms with Gasteiger partial charge >= 0.3 is 11.9 Å². The SMILES string of the molecule is O=C(O)CCC(NCCCNCCCC(OCc1ccccc1)c1ccc(-n2cc(CCCF)nn2)cc1)C(=O)O. The first-order valence-corrected chi connectivity index (χ1v) is 14.1. The van der Waals surface area contributed by atoms with Crippen molar-refractivity contribution >= 4 is 11.9 Å². The van der Waals surface area contributed by atoms with Crippen molar-refractivity contribution in [2.24, 2.45) is 0 Å². The van der Waals surface area contributed by atoms with Crippen molar-refractivity contribution in [1.29, 1.82) is 0 Å². The van der Waals surface area contributed by atoms with E-state index >= 15 is 0 Å². The molecule has 2 atom stereocenters. The molecule has 3 aromatic rings. The minimum Gasteiger partial charge on any atom is -0.481 e. The topological polar surface area (TPSA) is 139 Å². The predicted octanol–water partition coefficient (Wildman–Crippen LogP) is 4.09. The van der Waals surface area contributed by atoms with E-state index in [9.17, 15) is 19.1 Å². The van der Waals surface area contributed by atoms with Gasteiger partial charge in [-0.05, 0) is 81.4 Å². The first-order valence-electron chi connectivity index (χ1n) is 14.1. The molecule has 0 spiro atoms. The van der Waals surface area contributed by atoms with E-state index in [-0.39, 0.29) is 25.6 Å².